The van der Waals surface area contributed by atoms with Gasteiger partial charge in [0.15, 0.2) is 5.76 Å². The van der Waals surface area contributed by atoms with E-state index in [2.05, 4.69) is 27.3 Å². The van der Waals surface area contributed by atoms with Gasteiger partial charge in [-0.15, -0.1) is 0 Å². The number of amides is 1. The molecule has 0 saturated heterocycles. The molecule has 4 N–H and O–H groups in total. The number of aliphatic hydroxyl groups is 1. The number of primary amides is 1. The fourth-order valence-corrected chi connectivity index (χ4v) is 3.42. The molecule has 0 saturated carbocycles. The molecule has 0 aliphatic carbocycles. The summed E-state index contributed by atoms with van der Waals surface area (Å²) in [7, 11) is 0. The van der Waals surface area contributed by atoms with Crippen molar-refractivity contribution in [1.82, 2.24) is 20.0 Å². The molecule has 1 amide bonds. The fourth-order valence-electron chi connectivity index (χ4n) is 3.42. The van der Waals surface area contributed by atoms with E-state index in [9.17, 15) is 9.90 Å². The van der Waals surface area contributed by atoms with Crippen LogP contribution in [-0.4, -0.2) is 32.3 Å². The second-order valence-corrected chi connectivity index (χ2v) is 7.87. The third-order valence-electron chi connectivity index (χ3n) is 5.12. The Balaban J connectivity index is 1.37. The minimum absolute atomic E-state index is 0.154. The Labute approximate surface area is 197 Å². The number of hydrogen-bond donors (Lipinski definition) is 3. The highest BCUT2D eigenvalue weighted by atomic mass is 16.5. The molecule has 0 bridgehead atoms. The molecule has 1 unspecified atom stereocenters. The third-order valence-corrected chi connectivity index (χ3v) is 5.12. The van der Waals surface area contributed by atoms with Gasteiger partial charge in [0.25, 0.3) is 0 Å². The molecule has 4 rings (SSSR count). The summed E-state index contributed by atoms with van der Waals surface area (Å²) in [6, 6.07) is 17.5. The number of benzene rings is 2. The van der Waals surface area contributed by atoms with Crippen LogP contribution in [0.3, 0.4) is 0 Å². The average molecular weight is 456 g/mol. The molecular formula is C26H25N5O3. The Morgan fingerprint density at radius 1 is 1.15 bits per heavy atom. The normalized spacial score (nSPS) is 11.6. The zero-order valence-electron chi connectivity index (χ0n) is 18.7. The molecule has 2 heterocycles. The molecule has 34 heavy (non-hydrogen) atoms. The largest absolute Gasteiger partial charge is 0.385 e. The van der Waals surface area contributed by atoms with E-state index in [1.54, 1.807) is 19.3 Å². The lowest BCUT2D eigenvalue weighted by molar-refractivity contribution is -0.117. The summed E-state index contributed by atoms with van der Waals surface area (Å²) in [6.45, 7) is 2.87. The average Bonchev–Trinajstić information content (AvgIpc) is 3.49. The molecular weight excluding hydrogens is 430 g/mol. The lowest BCUT2D eigenvalue weighted by Gasteiger charge is -2.07. The number of aliphatic hydroxyl groups excluding tert-OH is 1. The van der Waals surface area contributed by atoms with Crippen LogP contribution in [0.1, 0.15) is 41.2 Å². The van der Waals surface area contributed by atoms with Gasteiger partial charge in [-0.1, -0.05) is 29.1 Å². The van der Waals surface area contributed by atoms with Gasteiger partial charge < -0.3 is 25.2 Å². The third kappa shape index (κ3) is 5.98. The van der Waals surface area contributed by atoms with E-state index >= 15 is 0 Å². The molecule has 0 aliphatic heterocycles. The van der Waals surface area contributed by atoms with Crippen molar-refractivity contribution >= 4 is 5.91 Å². The molecule has 0 fully saturated rings. The quantitative estimate of drug-likeness (QED) is 0.352. The molecule has 8 heteroatoms. The van der Waals surface area contributed by atoms with E-state index in [4.69, 9.17) is 10.3 Å². The Hall–Kier alpha value is -4.19. The number of carbonyl (C=O) groups excluding carboxylic acids is 1. The van der Waals surface area contributed by atoms with Crippen molar-refractivity contribution in [2.75, 3.05) is 6.54 Å². The smallest absolute Gasteiger partial charge is 0.231 e. The molecule has 0 spiro atoms. The van der Waals surface area contributed by atoms with Crippen molar-refractivity contribution in [3.8, 4) is 23.2 Å². The lowest BCUT2D eigenvalue weighted by Crippen LogP contribution is -2.28. The summed E-state index contributed by atoms with van der Waals surface area (Å²) in [5.41, 5.74) is 9.60. The van der Waals surface area contributed by atoms with Crippen molar-refractivity contribution in [2.24, 2.45) is 5.73 Å². The zero-order valence-corrected chi connectivity index (χ0v) is 18.7. The molecule has 2 aromatic carbocycles. The first-order valence-electron chi connectivity index (χ1n) is 10.8. The van der Waals surface area contributed by atoms with Crippen LogP contribution in [0.4, 0.5) is 0 Å². The number of carbonyl (C=O) groups is 1. The van der Waals surface area contributed by atoms with Gasteiger partial charge >= 0.3 is 0 Å². The maximum Gasteiger partial charge on any atom is 0.231 e. The van der Waals surface area contributed by atoms with Crippen molar-refractivity contribution in [3.63, 3.8) is 0 Å². The maximum absolute atomic E-state index is 10.8. The van der Waals surface area contributed by atoms with Gasteiger partial charge in [-0.3, -0.25) is 4.79 Å². The van der Waals surface area contributed by atoms with E-state index in [1.165, 1.54) is 0 Å². The molecule has 2 aromatic heterocycles. The number of nitrogens with zero attached hydrogens (tertiary/aromatic N) is 3. The Morgan fingerprint density at radius 2 is 1.82 bits per heavy atom. The van der Waals surface area contributed by atoms with Crippen molar-refractivity contribution < 1.29 is 14.4 Å². The maximum atomic E-state index is 10.8. The minimum atomic E-state index is -0.654. The summed E-state index contributed by atoms with van der Waals surface area (Å²) in [6.07, 6.45) is 2.80. The molecule has 0 radical (unpaired) electrons. The number of rotatable bonds is 8. The second-order valence-electron chi connectivity index (χ2n) is 7.87. The molecule has 1 atom stereocenters. The van der Waals surface area contributed by atoms with E-state index in [1.807, 2.05) is 59.2 Å². The number of hydrogen-bond acceptors (Lipinski definition) is 6. The van der Waals surface area contributed by atoms with Crippen LogP contribution in [0.2, 0.25) is 0 Å². The van der Waals surface area contributed by atoms with Gasteiger partial charge in [-0.25, -0.2) is 4.98 Å². The Bertz CT molecular complexity index is 1310. The lowest BCUT2D eigenvalue weighted by atomic mass is 10.1. The fraction of sp³-hybridized carbons (Fsp3) is 0.192. The highest BCUT2D eigenvalue weighted by Gasteiger charge is 2.12. The van der Waals surface area contributed by atoms with E-state index in [0.29, 0.717) is 24.7 Å². The first-order chi connectivity index (χ1) is 16.5. The summed E-state index contributed by atoms with van der Waals surface area (Å²) in [5.74, 6) is 7.19. The van der Waals surface area contributed by atoms with Crippen LogP contribution in [0, 0.1) is 11.8 Å². The van der Waals surface area contributed by atoms with E-state index in [-0.39, 0.29) is 12.5 Å². The number of nitrogens with two attached hydrogens (primary N) is 1. The molecule has 0 aliphatic rings. The van der Waals surface area contributed by atoms with Gasteiger partial charge in [0.2, 0.25) is 5.91 Å². The Kier molecular flexibility index (Phi) is 7.18. The molecule has 172 valence electrons. The van der Waals surface area contributed by atoms with Gasteiger partial charge in [-0.2, -0.15) is 0 Å². The van der Waals surface area contributed by atoms with Crippen molar-refractivity contribution in [2.45, 2.75) is 26.1 Å². The predicted octanol–water partition coefficient (Wildman–Crippen LogP) is 2.61. The van der Waals surface area contributed by atoms with Gasteiger partial charge in [0.1, 0.15) is 17.6 Å². The van der Waals surface area contributed by atoms with Crippen molar-refractivity contribution in [1.29, 1.82) is 0 Å². The van der Waals surface area contributed by atoms with Gasteiger partial charge in [0, 0.05) is 41.7 Å². The predicted molar refractivity (Wildman–Crippen MR) is 127 cm³/mol. The van der Waals surface area contributed by atoms with Gasteiger partial charge in [-0.05, 0) is 48.9 Å². The van der Waals surface area contributed by atoms with Crippen LogP contribution in [0.25, 0.3) is 11.3 Å². The first-order valence-corrected chi connectivity index (χ1v) is 10.8. The topological polar surface area (TPSA) is 119 Å². The monoisotopic (exact) mass is 455 g/mol. The van der Waals surface area contributed by atoms with Crippen LogP contribution in [0.15, 0.2) is 71.5 Å². The van der Waals surface area contributed by atoms with Crippen LogP contribution < -0.4 is 11.1 Å². The van der Waals surface area contributed by atoms with Crippen LogP contribution in [-0.2, 0) is 17.9 Å². The summed E-state index contributed by atoms with van der Waals surface area (Å²) in [4.78, 5) is 14.9. The molecule has 4 aromatic rings. The SMILES string of the molecule is CC(O)c1nccn1Cc1cc(-c2ccc(C#Cc3ccc(CNCC(N)=O)cc3)cc2)on1. The number of aromatic nitrogens is 3. The van der Waals surface area contributed by atoms with Crippen LogP contribution in [0.5, 0.6) is 0 Å². The standard InChI is InChI=1S/C26H25N5O3/c1-18(32)26-29-12-13-31(26)17-23-14-24(34-30-23)22-10-8-20(9-11-22)3-2-19-4-6-21(7-5-19)15-28-16-25(27)33/h4-14,18,28,32H,15-17H2,1H3,(H2,27,33). The van der Waals surface area contributed by atoms with Crippen molar-refractivity contribution in [3.05, 3.63) is 95.2 Å². The highest BCUT2D eigenvalue weighted by Crippen LogP contribution is 2.22. The zero-order chi connectivity index (χ0) is 23.9. The van der Waals surface area contributed by atoms with E-state index < -0.39 is 6.10 Å². The van der Waals surface area contributed by atoms with Gasteiger partial charge in [0.05, 0.1) is 13.1 Å². The Morgan fingerprint density at radius 3 is 2.47 bits per heavy atom. The summed E-state index contributed by atoms with van der Waals surface area (Å²) in [5, 5.41) is 16.9. The number of nitrogens with one attached hydrogen (secondary N) is 1. The summed E-state index contributed by atoms with van der Waals surface area (Å²) < 4.78 is 7.35. The highest BCUT2D eigenvalue weighted by molar-refractivity contribution is 5.75. The molecule has 8 nitrogen and oxygen atoms in total. The number of imidazole rings is 1. The van der Waals surface area contributed by atoms with E-state index in [0.717, 1.165) is 27.9 Å². The summed E-state index contributed by atoms with van der Waals surface area (Å²) >= 11 is 0. The second kappa shape index (κ2) is 10.6. The van der Waals surface area contributed by atoms with Crippen LogP contribution >= 0.6 is 0 Å². The minimum Gasteiger partial charge on any atom is -0.385 e. The first kappa shape index (κ1) is 23.0.